The van der Waals surface area contributed by atoms with E-state index in [1.807, 2.05) is 17.0 Å². The van der Waals surface area contributed by atoms with Gasteiger partial charge in [0.05, 0.1) is 6.61 Å². The number of rotatable bonds is 5. The van der Waals surface area contributed by atoms with Gasteiger partial charge >= 0.3 is 0 Å². The Labute approximate surface area is 124 Å². The van der Waals surface area contributed by atoms with Gasteiger partial charge in [-0.1, -0.05) is 6.07 Å². The molecule has 1 aromatic rings. The molecule has 2 aliphatic rings. The van der Waals surface area contributed by atoms with Crippen molar-refractivity contribution in [3.8, 4) is 0 Å². The first-order chi connectivity index (χ1) is 10.3. The van der Waals surface area contributed by atoms with Gasteiger partial charge in [-0.05, 0) is 25.0 Å². The molecule has 114 valence electrons. The number of amides is 1. The summed E-state index contributed by atoms with van der Waals surface area (Å²) in [6, 6.07) is 6.10. The molecule has 2 fully saturated rings. The van der Waals surface area contributed by atoms with Gasteiger partial charge in [0.2, 0.25) is 0 Å². The summed E-state index contributed by atoms with van der Waals surface area (Å²) in [5, 5.41) is 12.3. The molecule has 1 aliphatic heterocycles. The second-order valence-electron chi connectivity index (χ2n) is 5.68. The predicted octanol–water partition coefficient (Wildman–Crippen LogP) is 0.406. The van der Waals surface area contributed by atoms with E-state index in [2.05, 4.69) is 15.2 Å². The topological polar surface area (TPSA) is 68.7 Å². The molecule has 0 aromatic carbocycles. The number of carbonyl (C=O) groups is 1. The van der Waals surface area contributed by atoms with E-state index < -0.39 is 0 Å². The zero-order chi connectivity index (χ0) is 14.7. The van der Waals surface area contributed by atoms with E-state index in [0.717, 1.165) is 18.9 Å². The normalized spacial score (nSPS) is 19.6. The first-order valence-corrected chi connectivity index (χ1v) is 7.62. The Morgan fingerprint density at radius 3 is 2.71 bits per heavy atom. The van der Waals surface area contributed by atoms with Gasteiger partial charge in [0.15, 0.2) is 0 Å². The Bertz CT molecular complexity index is 496. The molecule has 0 radical (unpaired) electrons. The summed E-state index contributed by atoms with van der Waals surface area (Å²) in [5.41, 5.74) is 0.510. The monoisotopic (exact) mass is 290 g/mol. The van der Waals surface area contributed by atoms with Crippen molar-refractivity contribution >= 4 is 11.7 Å². The zero-order valence-corrected chi connectivity index (χ0v) is 12.2. The lowest BCUT2D eigenvalue weighted by molar-refractivity contribution is 0.0609. The van der Waals surface area contributed by atoms with E-state index in [1.54, 1.807) is 6.07 Å². The molecule has 1 aliphatic carbocycles. The lowest BCUT2D eigenvalue weighted by Crippen LogP contribution is -2.49. The highest BCUT2D eigenvalue weighted by molar-refractivity contribution is 5.92. The molecule has 6 nitrogen and oxygen atoms in total. The minimum absolute atomic E-state index is 0.00176. The van der Waals surface area contributed by atoms with Gasteiger partial charge in [-0.25, -0.2) is 4.98 Å². The Balaban J connectivity index is 1.59. The van der Waals surface area contributed by atoms with E-state index >= 15 is 0 Å². The third-order valence-electron chi connectivity index (χ3n) is 3.97. The van der Waals surface area contributed by atoms with Crippen LogP contribution >= 0.6 is 0 Å². The molecule has 1 saturated carbocycles. The van der Waals surface area contributed by atoms with E-state index in [4.69, 9.17) is 5.11 Å². The third-order valence-corrected chi connectivity index (χ3v) is 3.97. The van der Waals surface area contributed by atoms with Gasteiger partial charge in [0.1, 0.15) is 11.5 Å². The van der Waals surface area contributed by atoms with Crippen LogP contribution in [0.5, 0.6) is 0 Å². The number of aliphatic hydroxyl groups excluding tert-OH is 1. The molecule has 3 rings (SSSR count). The molecule has 1 aromatic heterocycles. The fourth-order valence-corrected chi connectivity index (χ4v) is 2.55. The van der Waals surface area contributed by atoms with Crippen LogP contribution in [-0.4, -0.2) is 71.2 Å². The Morgan fingerprint density at radius 2 is 2.05 bits per heavy atom. The molecule has 2 heterocycles. The van der Waals surface area contributed by atoms with Gasteiger partial charge in [-0.2, -0.15) is 0 Å². The van der Waals surface area contributed by atoms with Crippen molar-refractivity contribution in [3.63, 3.8) is 0 Å². The fraction of sp³-hybridized carbons (Fsp3) is 0.600. The average Bonchev–Trinajstić information content (AvgIpc) is 3.32. The smallest absolute Gasteiger partial charge is 0.272 e. The molecule has 0 atom stereocenters. The summed E-state index contributed by atoms with van der Waals surface area (Å²) in [6.07, 6.45) is 2.37. The van der Waals surface area contributed by atoms with Gasteiger partial charge in [-0.3, -0.25) is 9.69 Å². The number of aromatic nitrogens is 1. The largest absolute Gasteiger partial charge is 0.395 e. The zero-order valence-electron chi connectivity index (χ0n) is 12.2. The lowest BCUT2D eigenvalue weighted by Gasteiger charge is -2.34. The van der Waals surface area contributed by atoms with Crippen LogP contribution in [0.1, 0.15) is 23.3 Å². The highest BCUT2D eigenvalue weighted by atomic mass is 16.3. The van der Waals surface area contributed by atoms with Crippen LogP contribution in [-0.2, 0) is 0 Å². The summed E-state index contributed by atoms with van der Waals surface area (Å²) in [6.45, 7) is 3.87. The maximum Gasteiger partial charge on any atom is 0.272 e. The summed E-state index contributed by atoms with van der Waals surface area (Å²) >= 11 is 0. The Hall–Kier alpha value is -1.66. The van der Waals surface area contributed by atoms with Crippen molar-refractivity contribution in [2.24, 2.45) is 0 Å². The molecule has 1 amide bonds. The van der Waals surface area contributed by atoms with Gasteiger partial charge in [0.25, 0.3) is 5.91 Å². The van der Waals surface area contributed by atoms with Crippen molar-refractivity contribution in [1.29, 1.82) is 0 Å². The van der Waals surface area contributed by atoms with Gasteiger partial charge < -0.3 is 15.3 Å². The molecular weight excluding hydrogens is 268 g/mol. The van der Waals surface area contributed by atoms with E-state index in [0.29, 0.717) is 31.4 Å². The maximum atomic E-state index is 12.5. The Kier molecular flexibility index (Phi) is 4.36. The highest BCUT2D eigenvalue weighted by Crippen LogP contribution is 2.23. The number of nitrogens with one attached hydrogen (secondary N) is 1. The fourth-order valence-electron chi connectivity index (χ4n) is 2.55. The number of anilines is 1. The first-order valence-electron chi connectivity index (χ1n) is 7.62. The predicted molar refractivity (Wildman–Crippen MR) is 80.3 cm³/mol. The summed E-state index contributed by atoms with van der Waals surface area (Å²) < 4.78 is 0. The number of piperazine rings is 1. The molecule has 1 saturated heterocycles. The average molecular weight is 290 g/mol. The van der Waals surface area contributed by atoms with Crippen LogP contribution in [0.15, 0.2) is 18.2 Å². The minimum atomic E-state index is -0.00176. The van der Waals surface area contributed by atoms with E-state index in [9.17, 15) is 4.79 Å². The van der Waals surface area contributed by atoms with Crippen molar-refractivity contribution < 1.29 is 9.90 Å². The third kappa shape index (κ3) is 3.71. The van der Waals surface area contributed by atoms with E-state index in [-0.39, 0.29) is 12.5 Å². The number of hydrogen-bond donors (Lipinski definition) is 2. The van der Waals surface area contributed by atoms with Crippen molar-refractivity contribution in [3.05, 3.63) is 23.9 Å². The van der Waals surface area contributed by atoms with Crippen LogP contribution in [0.2, 0.25) is 0 Å². The maximum absolute atomic E-state index is 12.5. The number of nitrogens with zero attached hydrogens (tertiary/aromatic N) is 3. The SMILES string of the molecule is O=C(c1cccc(NC2CC2)n1)N1CCN(CCO)CC1. The van der Waals surface area contributed by atoms with E-state index in [1.165, 1.54) is 12.8 Å². The second-order valence-corrected chi connectivity index (χ2v) is 5.68. The summed E-state index contributed by atoms with van der Waals surface area (Å²) in [5.74, 6) is 0.792. The minimum Gasteiger partial charge on any atom is -0.395 e. The highest BCUT2D eigenvalue weighted by Gasteiger charge is 2.24. The molecule has 0 spiro atoms. The van der Waals surface area contributed by atoms with Crippen molar-refractivity contribution in [2.75, 3.05) is 44.6 Å². The van der Waals surface area contributed by atoms with Crippen LogP contribution in [0, 0.1) is 0 Å². The number of β-amino-alcohol motifs (C(OH)–C–C–N with tert-alkyl or cyclic N) is 1. The molecule has 2 N–H and O–H groups in total. The lowest BCUT2D eigenvalue weighted by atomic mass is 10.2. The van der Waals surface area contributed by atoms with Gasteiger partial charge in [0, 0.05) is 38.8 Å². The van der Waals surface area contributed by atoms with Gasteiger partial charge in [-0.15, -0.1) is 0 Å². The Morgan fingerprint density at radius 1 is 1.29 bits per heavy atom. The number of hydrogen-bond acceptors (Lipinski definition) is 5. The van der Waals surface area contributed by atoms with Crippen LogP contribution in [0.4, 0.5) is 5.82 Å². The standard InChI is InChI=1S/C15H22N4O2/c20-11-10-18-6-8-19(9-7-18)15(21)13-2-1-3-14(17-13)16-12-4-5-12/h1-3,12,20H,4-11H2,(H,16,17). The molecule has 6 heteroatoms. The van der Waals surface area contributed by atoms with Crippen LogP contribution in [0.25, 0.3) is 0 Å². The first kappa shape index (κ1) is 14.3. The van der Waals surface area contributed by atoms with Crippen molar-refractivity contribution in [1.82, 2.24) is 14.8 Å². The molecular formula is C15H22N4O2. The second kappa shape index (κ2) is 6.41. The summed E-state index contributed by atoms with van der Waals surface area (Å²) in [4.78, 5) is 20.9. The molecule has 0 bridgehead atoms. The van der Waals surface area contributed by atoms with Crippen molar-refractivity contribution in [2.45, 2.75) is 18.9 Å². The number of pyridine rings is 1. The van der Waals surface area contributed by atoms with Crippen LogP contribution < -0.4 is 5.32 Å². The number of carbonyl (C=O) groups excluding carboxylic acids is 1. The quantitative estimate of drug-likeness (QED) is 0.822. The number of aliphatic hydroxyl groups is 1. The van der Waals surface area contributed by atoms with Crippen LogP contribution in [0.3, 0.4) is 0 Å². The molecule has 21 heavy (non-hydrogen) atoms. The molecule has 0 unspecified atom stereocenters. The summed E-state index contributed by atoms with van der Waals surface area (Å²) in [7, 11) is 0.